The molecule has 3 N–H and O–H groups in total. The lowest BCUT2D eigenvalue weighted by atomic mass is 10.2. The molecule has 2 rings (SSSR count). The molecule has 11 heteroatoms. The van der Waals surface area contributed by atoms with Crippen LogP contribution >= 0.6 is 11.6 Å². The normalized spacial score (nSPS) is 11.2. The van der Waals surface area contributed by atoms with Crippen LogP contribution in [0.2, 0.25) is 5.02 Å². The summed E-state index contributed by atoms with van der Waals surface area (Å²) in [6.45, 7) is 3.26. The van der Waals surface area contributed by atoms with Gasteiger partial charge in [-0.3, -0.25) is 9.59 Å². The lowest BCUT2D eigenvalue weighted by Crippen LogP contribution is -2.31. The summed E-state index contributed by atoms with van der Waals surface area (Å²) in [7, 11) is -3.89. The number of sulfonamides is 1. The van der Waals surface area contributed by atoms with E-state index in [4.69, 9.17) is 22.1 Å². The SMILES string of the molecule is CCN(CC)S(=O)(=O)c1cc(C(=O)OCC(=O)Nc2ccc(C(N)=O)cc2)ccc1Cl. The van der Waals surface area contributed by atoms with Crippen LogP contribution in [0.4, 0.5) is 5.69 Å². The number of primary amides is 1. The van der Waals surface area contributed by atoms with Crippen molar-refractivity contribution < 1.29 is 27.5 Å². The van der Waals surface area contributed by atoms with E-state index in [2.05, 4.69) is 5.32 Å². The highest BCUT2D eigenvalue weighted by atomic mass is 35.5. The minimum Gasteiger partial charge on any atom is -0.452 e. The summed E-state index contributed by atoms with van der Waals surface area (Å²) in [5.41, 5.74) is 5.75. The summed E-state index contributed by atoms with van der Waals surface area (Å²) in [4.78, 5) is 35.2. The van der Waals surface area contributed by atoms with Crippen molar-refractivity contribution >= 4 is 45.1 Å². The number of rotatable bonds is 9. The Morgan fingerprint density at radius 1 is 1.03 bits per heavy atom. The molecule has 0 aliphatic rings. The van der Waals surface area contributed by atoms with E-state index in [1.165, 1.54) is 40.7 Å². The van der Waals surface area contributed by atoms with Gasteiger partial charge in [-0.15, -0.1) is 0 Å². The smallest absolute Gasteiger partial charge is 0.338 e. The average molecular weight is 468 g/mol. The van der Waals surface area contributed by atoms with Gasteiger partial charge in [0.15, 0.2) is 6.61 Å². The van der Waals surface area contributed by atoms with Gasteiger partial charge >= 0.3 is 5.97 Å². The van der Waals surface area contributed by atoms with Crippen molar-refractivity contribution in [3.05, 3.63) is 58.6 Å². The topological polar surface area (TPSA) is 136 Å². The summed E-state index contributed by atoms with van der Waals surface area (Å²) >= 11 is 6.04. The number of nitrogens with zero attached hydrogens (tertiary/aromatic N) is 1. The van der Waals surface area contributed by atoms with Crippen molar-refractivity contribution in [1.82, 2.24) is 4.31 Å². The van der Waals surface area contributed by atoms with Crippen molar-refractivity contribution in [3.63, 3.8) is 0 Å². The van der Waals surface area contributed by atoms with E-state index >= 15 is 0 Å². The maximum absolute atomic E-state index is 12.7. The van der Waals surface area contributed by atoms with Gasteiger partial charge in [-0.1, -0.05) is 25.4 Å². The highest BCUT2D eigenvalue weighted by Gasteiger charge is 2.26. The molecule has 0 aliphatic heterocycles. The Hall–Kier alpha value is -2.95. The summed E-state index contributed by atoms with van der Waals surface area (Å²) in [6, 6.07) is 9.55. The first-order valence-corrected chi connectivity index (χ1v) is 11.1. The van der Waals surface area contributed by atoms with Gasteiger partial charge in [-0.05, 0) is 42.5 Å². The molecule has 2 amide bonds. The van der Waals surface area contributed by atoms with Crippen molar-refractivity contribution in [3.8, 4) is 0 Å². The van der Waals surface area contributed by atoms with E-state index < -0.39 is 34.4 Å². The minimum absolute atomic E-state index is 0.0272. The van der Waals surface area contributed by atoms with Crippen molar-refractivity contribution in [2.45, 2.75) is 18.7 Å². The summed E-state index contributed by atoms with van der Waals surface area (Å²) in [5.74, 6) is -2.10. The number of carbonyl (C=O) groups excluding carboxylic acids is 3. The fourth-order valence-electron chi connectivity index (χ4n) is 2.66. The van der Waals surface area contributed by atoms with Crippen LogP contribution < -0.4 is 11.1 Å². The monoisotopic (exact) mass is 467 g/mol. The second kappa shape index (κ2) is 10.4. The number of esters is 1. The maximum atomic E-state index is 12.7. The van der Waals surface area contributed by atoms with E-state index in [0.717, 1.165) is 6.07 Å². The molecule has 166 valence electrons. The number of anilines is 1. The lowest BCUT2D eigenvalue weighted by molar-refractivity contribution is -0.119. The van der Waals surface area contributed by atoms with Crippen LogP contribution in [0.1, 0.15) is 34.6 Å². The van der Waals surface area contributed by atoms with Crippen LogP contribution in [0.5, 0.6) is 0 Å². The molecule has 0 saturated heterocycles. The first kappa shape index (κ1) is 24.3. The predicted molar refractivity (Wildman–Crippen MR) is 115 cm³/mol. The molecule has 0 bridgehead atoms. The van der Waals surface area contributed by atoms with Gasteiger partial charge in [0.25, 0.3) is 5.91 Å². The van der Waals surface area contributed by atoms with Crippen LogP contribution in [0.25, 0.3) is 0 Å². The van der Waals surface area contributed by atoms with E-state index in [1.54, 1.807) is 13.8 Å². The second-order valence-electron chi connectivity index (χ2n) is 6.30. The first-order valence-electron chi connectivity index (χ1n) is 9.26. The highest BCUT2D eigenvalue weighted by Crippen LogP contribution is 2.26. The molecule has 9 nitrogen and oxygen atoms in total. The van der Waals surface area contributed by atoms with Gasteiger partial charge in [0.05, 0.1) is 10.6 Å². The number of ether oxygens (including phenoxy) is 1. The molecule has 0 atom stereocenters. The lowest BCUT2D eigenvalue weighted by Gasteiger charge is -2.19. The van der Waals surface area contributed by atoms with Gasteiger partial charge in [0.1, 0.15) is 4.90 Å². The zero-order valence-corrected chi connectivity index (χ0v) is 18.5. The Morgan fingerprint density at radius 3 is 2.16 bits per heavy atom. The Kier molecular flexibility index (Phi) is 8.14. The molecule has 0 spiro atoms. The largest absolute Gasteiger partial charge is 0.452 e. The van der Waals surface area contributed by atoms with E-state index in [9.17, 15) is 22.8 Å². The predicted octanol–water partition coefficient (Wildman–Crippen LogP) is 2.26. The van der Waals surface area contributed by atoms with Gasteiger partial charge < -0.3 is 15.8 Å². The quantitative estimate of drug-likeness (QED) is 0.543. The number of hydrogen-bond acceptors (Lipinski definition) is 6. The fraction of sp³-hybridized carbons (Fsp3) is 0.250. The Balaban J connectivity index is 2.07. The molecule has 0 heterocycles. The Labute approximate surface area is 185 Å². The van der Waals surface area contributed by atoms with E-state index in [1.807, 2.05) is 0 Å². The standard InChI is InChI=1S/C20H22ClN3O6S/c1-3-24(4-2)31(28,29)17-11-14(7-10-16(17)21)20(27)30-12-18(25)23-15-8-5-13(6-9-15)19(22)26/h5-11H,3-4,12H2,1-2H3,(H2,22,26)(H,23,25). The number of nitrogens with two attached hydrogens (primary N) is 1. The molecule has 2 aromatic carbocycles. The van der Waals surface area contributed by atoms with E-state index in [-0.39, 0.29) is 34.1 Å². The third-order valence-electron chi connectivity index (χ3n) is 4.28. The van der Waals surface area contributed by atoms with Crippen LogP contribution in [0, 0.1) is 0 Å². The van der Waals surface area contributed by atoms with Gasteiger partial charge in [-0.25, -0.2) is 13.2 Å². The highest BCUT2D eigenvalue weighted by molar-refractivity contribution is 7.89. The molecule has 0 fully saturated rings. The Bertz CT molecular complexity index is 1080. The van der Waals surface area contributed by atoms with Crippen molar-refractivity contribution in [2.75, 3.05) is 25.0 Å². The molecule has 2 aromatic rings. The first-order chi connectivity index (χ1) is 14.6. The number of nitrogens with one attached hydrogen (secondary N) is 1. The third-order valence-corrected chi connectivity index (χ3v) is 6.81. The second-order valence-corrected chi connectivity index (χ2v) is 8.61. The van der Waals surface area contributed by atoms with Crippen molar-refractivity contribution in [2.24, 2.45) is 5.73 Å². The Morgan fingerprint density at radius 2 is 1.61 bits per heavy atom. The molecule has 0 radical (unpaired) electrons. The molecule has 0 saturated carbocycles. The zero-order chi connectivity index (χ0) is 23.2. The third kappa shape index (κ3) is 6.03. The molecule has 0 aromatic heterocycles. The number of amides is 2. The summed E-state index contributed by atoms with van der Waals surface area (Å²) < 4.78 is 31.6. The van der Waals surface area contributed by atoms with Crippen molar-refractivity contribution in [1.29, 1.82) is 0 Å². The molecular weight excluding hydrogens is 446 g/mol. The van der Waals surface area contributed by atoms with Crippen LogP contribution in [-0.2, 0) is 19.6 Å². The zero-order valence-electron chi connectivity index (χ0n) is 16.9. The number of carbonyl (C=O) groups is 3. The molecule has 0 aliphatic carbocycles. The van der Waals surface area contributed by atoms with Gasteiger partial charge in [-0.2, -0.15) is 4.31 Å². The fourth-order valence-corrected chi connectivity index (χ4v) is 4.62. The summed E-state index contributed by atoms with van der Waals surface area (Å²) in [6.07, 6.45) is 0. The molecule has 0 unspecified atom stereocenters. The molecular formula is C20H22ClN3O6S. The maximum Gasteiger partial charge on any atom is 0.338 e. The molecule has 31 heavy (non-hydrogen) atoms. The van der Waals surface area contributed by atoms with E-state index in [0.29, 0.717) is 5.69 Å². The van der Waals surface area contributed by atoms with Gasteiger partial charge in [0.2, 0.25) is 15.9 Å². The van der Waals surface area contributed by atoms with Crippen LogP contribution in [0.3, 0.4) is 0 Å². The van der Waals surface area contributed by atoms with Crippen LogP contribution in [-0.4, -0.2) is 50.2 Å². The minimum atomic E-state index is -3.89. The average Bonchev–Trinajstić information content (AvgIpc) is 2.73. The number of halogens is 1. The number of benzene rings is 2. The van der Waals surface area contributed by atoms with Crippen LogP contribution in [0.15, 0.2) is 47.4 Å². The van der Waals surface area contributed by atoms with Gasteiger partial charge in [0, 0.05) is 24.3 Å². The number of hydrogen-bond donors (Lipinski definition) is 2. The summed E-state index contributed by atoms with van der Waals surface area (Å²) in [5, 5.41) is 2.47.